The lowest BCUT2D eigenvalue weighted by molar-refractivity contribution is 0.0341. The highest BCUT2D eigenvalue weighted by Gasteiger charge is 2.18. The van der Waals surface area contributed by atoms with Gasteiger partial charge < -0.3 is 9.64 Å². The third-order valence-electron chi connectivity index (χ3n) is 3.28. The van der Waals surface area contributed by atoms with Crippen molar-refractivity contribution < 1.29 is 9.53 Å². The molecule has 0 unspecified atom stereocenters. The molecule has 6 heteroatoms. The third-order valence-corrected chi connectivity index (χ3v) is 4.12. The molecule has 0 aromatic carbocycles. The second-order valence-electron chi connectivity index (χ2n) is 4.49. The number of thiazole rings is 1. The van der Waals surface area contributed by atoms with Crippen LogP contribution in [0.15, 0.2) is 5.38 Å². The van der Waals surface area contributed by atoms with Crippen LogP contribution < -0.4 is 0 Å². The number of amides is 1. The van der Waals surface area contributed by atoms with Gasteiger partial charge in [-0.15, -0.1) is 11.3 Å². The van der Waals surface area contributed by atoms with Gasteiger partial charge in [0.2, 0.25) is 0 Å². The fourth-order valence-electron chi connectivity index (χ4n) is 2.11. The highest BCUT2D eigenvalue weighted by molar-refractivity contribution is 7.09. The van der Waals surface area contributed by atoms with Crippen molar-refractivity contribution in [1.82, 2.24) is 14.8 Å². The molecule has 1 aromatic rings. The Labute approximate surface area is 118 Å². The molecule has 19 heavy (non-hydrogen) atoms. The quantitative estimate of drug-likeness (QED) is 0.820. The molecule has 1 fully saturated rings. The van der Waals surface area contributed by atoms with E-state index in [0.717, 1.165) is 50.9 Å². The number of carbonyl (C=O) groups is 1. The van der Waals surface area contributed by atoms with Crippen molar-refractivity contribution in [2.75, 3.05) is 39.4 Å². The van der Waals surface area contributed by atoms with Gasteiger partial charge in [-0.25, -0.2) is 4.98 Å². The van der Waals surface area contributed by atoms with Crippen LogP contribution >= 0.6 is 11.3 Å². The molecular formula is C13H21N3O2S. The molecule has 0 N–H and O–H groups in total. The van der Waals surface area contributed by atoms with Crippen LogP contribution in [0.5, 0.6) is 0 Å². The summed E-state index contributed by atoms with van der Waals surface area (Å²) >= 11 is 1.57. The van der Waals surface area contributed by atoms with Crippen molar-refractivity contribution in [2.45, 2.75) is 20.4 Å². The van der Waals surface area contributed by atoms with Gasteiger partial charge in [-0.3, -0.25) is 9.69 Å². The van der Waals surface area contributed by atoms with Crippen molar-refractivity contribution in [2.24, 2.45) is 0 Å². The van der Waals surface area contributed by atoms with Gasteiger partial charge in [-0.05, 0) is 13.8 Å². The maximum atomic E-state index is 12.1. The Morgan fingerprint density at radius 1 is 1.42 bits per heavy atom. The molecule has 2 rings (SSSR count). The van der Waals surface area contributed by atoms with Crippen LogP contribution in [0.2, 0.25) is 0 Å². The first kappa shape index (κ1) is 14.4. The molecule has 0 radical (unpaired) electrons. The lowest BCUT2D eigenvalue weighted by Gasteiger charge is -2.25. The van der Waals surface area contributed by atoms with E-state index in [2.05, 4.69) is 9.88 Å². The van der Waals surface area contributed by atoms with E-state index in [-0.39, 0.29) is 5.91 Å². The van der Waals surface area contributed by atoms with Crippen LogP contribution in [-0.2, 0) is 11.3 Å². The number of ether oxygens (including phenoxy) is 1. The van der Waals surface area contributed by atoms with Crippen LogP contribution in [-0.4, -0.2) is 60.1 Å². The van der Waals surface area contributed by atoms with E-state index < -0.39 is 0 Å². The summed E-state index contributed by atoms with van der Waals surface area (Å²) in [4.78, 5) is 20.7. The Bertz CT molecular complexity index is 412. The Balaban J connectivity index is 1.96. The fourth-order valence-corrected chi connectivity index (χ4v) is 2.91. The maximum absolute atomic E-state index is 12.1. The van der Waals surface area contributed by atoms with Crippen molar-refractivity contribution in [3.8, 4) is 0 Å². The second-order valence-corrected chi connectivity index (χ2v) is 5.44. The number of hydrogen-bond donors (Lipinski definition) is 0. The predicted octanol–water partition coefficient (Wildman–Crippen LogP) is 1.46. The highest BCUT2D eigenvalue weighted by Crippen LogP contribution is 2.15. The molecule has 1 amide bonds. The molecule has 106 valence electrons. The minimum absolute atomic E-state index is 0.0366. The summed E-state index contributed by atoms with van der Waals surface area (Å²) in [5.41, 5.74) is 0.581. The minimum atomic E-state index is 0.0366. The summed E-state index contributed by atoms with van der Waals surface area (Å²) in [6.07, 6.45) is 0. The van der Waals surface area contributed by atoms with E-state index in [9.17, 15) is 4.79 Å². The first-order valence-corrected chi connectivity index (χ1v) is 7.66. The standard InChI is InChI=1S/C13H21N3O2S/c1-3-16(4-2)13(17)11-10-19-12(14-11)9-15-5-7-18-8-6-15/h10H,3-9H2,1-2H3. The van der Waals surface area contributed by atoms with Crippen LogP contribution in [0.25, 0.3) is 0 Å². The molecule has 1 saturated heterocycles. The normalized spacial score (nSPS) is 16.5. The molecule has 1 aliphatic rings. The van der Waals surface area contributed by atoms with Crippen LogP contribution in [0.1, 0.15) is 29.3 Å². The monoisotopic (exact) mass is 283 g/mol. The average Bonchev–Trinajstić information content (AvgIpc) is 2.89. The van der Waals surface area contributed by atoms with E-state index in [4.69, 9.17) is 4.74 Å². The smallest absolute Gasteiger partial charge is 0.273 e. The summed E-state index contributed by atoms with van der Waals surface area (Å²) in [5, 5.41) is 2.88. The lowest BCUT2D eigenvalue weighted by atomic mass is 10.4. The Morgan fingerprint density at radius 2 is 2.11 bits per heavy atom. The van der Waals surface area contributed by atoms with Gasteiger partial charge in [0.05, 0.1) is 19.8 Å². The fraction of sp³-hybridized carbons (Fsp3) is 0.692. The van der Waals surface area contributed by atoms with Gasteiger partial charge >= 0.3 is 0 Å². The summed E-state index contributed by atoms with van der Waals surface area (Å²) in [6, 6.07) is 0. The van der Waals surface area contributed by atoms with Gasteiger partial charge in [0.1, 0.15) is 10.7 Å². The molecule has 0 saturated carbocycles. The molecule has 2 heterocycles. The first-order valence-electron chi connectivity index (χ1n) is 6.78. The summed E-state index contributed by atoms with van der Waals surface area (Å²) < 4.78 is 5.32. The van der Waals surface area contributed by atoms with Gasteiger partial charge in [-0.2, -0.15) is 0 Å². The maximum Gasteiger partial charge on any atom is 0.273 e. The SMILES string of the molecule is CCN(CC)C(=O)c1csc(CN2CCOCC2)n1. The summed E-state index contributed by atoms with van der Waals surface area (Å²) in [7, 11) is 0. The number of hydrogen-bond acceptors (Lipinski definition) is 5. The summed E-state index contributed by atoms with van der Waals surface area (Å²) in [6.45, 7) is 9.72. The zero-order valence-corrected chi connectivity index (χ0v) is 12.4. The molecule has 0 bridgehead atoms. The first-order chi connectivity index (χ1) is 9.24. The van der Waals surface area contributed by atoms with E-state index in [1.54, 1.807) is 16.2 Å². The van der Waals surface area contributed by atoms with E-state index in [0.29, 0.717) is 5.69 Å². The van der Waals surface area contributed by atoms with Gasteiger partial charge in [0, 0.05) is 31.6 Å². The number of aromatic nitrogens is 1. The zero-order chi connectivity index (χ0) is 13.7. The predicted molar refractivity (Wildman–Crippen MR) is 75.5 cm³/mol. The number of nitrogens with zero attached hydrogens (tertiary/aromatic N) is 3. The van der Waals surface area contributed by atoms with Crippen molar-refractivity contribution >= 4 is 17.2 Å². The molecule has 0 aliphatic carbocycles. The van der Waals surface area contributed by atoms with E-state index in [1.165, 1.54) is 0 Å². The topological polar surface area (TPSA) is 45.7 Å². The lowest BCUT2D eigenvalue weighted by Crippen LogP contribution is -2.35. The molecule has 0 atom stereocenters. The van der Waals surface area contributed by atoms with Crippen molar-refractivity contribution in [3.05, 3.63) is 16.1 Å². The zero-order valence-electron chi connectivity index (χ0n) is 11.6. The number of rotatable bonds is 5. The number of morpholine rings is 1. The molecule has 1 aromatic heterocycles. The average molecular weight is 283 g/mol. The third kappa shape index (κ3) is 3.75. The highest BCUT2D eigenvalue weighted by atomic mass is 32.1. The second kappa shape index (κ2) is 6.98. The largest absolute Gasteiger partial charge is 0.379 e. The van der Waals surface area contributed by atoms with E-state index in [1.807, 2.05) is 19.2 Å². The van der Waals surface area contributed by atoms with Crippen LogP contribution in [0.4, 0.5) is 0 Å². The Kier molecular flexibility index (Phi) is 5.30. The van der Waals surface area contributed by atoms with Crippen LogP contribution in [0, 0.1) is 0 Å². The molecule has 0 spiro atoms. The van der Waals surface area contributed by atoms with Gasteiger partial charge in [0.15, 0.2) is 0 Å². The van der Waals surface area contributed by atoms with Gasteiger partial charge in [0.25, 0.3) is 5.91 Å². The Hall–Kier alpha value is -0.980. The van der Waals surface area contributed by atoms with Crippen molar-refractivity contribution in [1.29, 1.82) is 0 Å². The van der Waals surface area contributed by atoms with E-state index >= 15 is 0 Å². The molecular weight excluding hydrogens is 262 g/mol. The van der Waals surface area contributed by atoms with Crippen molar-refractivity contribution in [3.63, 3.8) is 0 Å². The summed E-state index contributed by atoms with van der Waals surface area (Å²) in [5.74, 6) is 0.0366. The molecule has 1 aliphatic heterocycles. The number of carbonyl (C=O) groups excluding carboxylic acids is 1. The molecule has 5 nitrogen and oxygen atoms in total. The Morgan fingerprint density at radius 3 is 2.74 bits per heavy atom. The van der Waals surface area contributed by atoms with Gasteiger partial charge in [-0.1, -0.05) is 0 Å². The van der Waals surface area contributed by atoms with Crippen LogP contribution in [0.3, 0.4) is 0 Å². The minimum Gasteiger partial charge on any atom is -0.379 e.